The number of aliphatic hydroxyl groups is 1. The first-order valence-electron chi connectivity index (χ1n) is 12.2. The Kier molecular flexibility index (Phi) is 6.18. The van der Waals surface area contributed by atoms with Crippen LogP contribution >= 0.6 is 0 Å². The molecule has 0 amide bonds. The molecule has 0 bridgehead atoms. The van der Waals surface area contributed by atoms with Crippen LogP contribution in [0.15, 0.2) is 0 Å². The molecule has 9 atom stereocenters. The number of rotatable bonds is 6. The number of methoxy groups -OCH3 is 1. The third-order valence-electron chi connectivity index (χ3n) is 10.1. The van der Waals surface area contributed by atoms with E-state index < -0.39 is 0 Å². The number of hydrogen-bond acceptors (Lipinski definition) is 3. The Morgan fingerprint density at radius 1 is 0.929 bits per heavy atom. The predicted octanol–water partition coefficient (Wildman–Crippen LogP) is 5.45. The van der Waals surface area contributed by atoms with Crippen molar-refractivity contribution in [3.8, 4) is 0 Å². The highest BCUT2D eigenvalue weighted by atomic mass is 16.5. The van der Waals surface area contributed by atoms with Crippen molar-refractivity contribution in [3.05, 3.63) is 0 Å². The molecule has 4 saturated carbocycles. The number of aliphatic hydroxyl groups excluding tert-OH is 1. The molecule has 0 radical (unpaired) electrons. The van der Waals surface area contributed by atoms with E-state index in [2.05, 4.69) is 20.8 Å². The van der Waals surface area contributed by atoms with Crippen molar-refractivity contribution >= 4 is 0 Å². The summed E-state index contributed by atoms with van der Waals surface area (Å²) in [6, 6.07) is 0. The van der Waals surface area contributed by atoms with Gasteiger partial charge in [0.05, 0.1) is 12.2 Å². The summed E-state index contributed by atoms with van der Waals surface area (Å²) >= 11 is 0. The smallest absolute Gasteiger partial charge is 0.0608 e. The second-order valence-electron chi connectivity index (χ2n) is 11.2. The van der Waals surface area contributed by atoms with Gasteiger partial charge in [0.1, 0.15) is 0 Å². The molecule has 3 nitrogen and oxygen atoms in total. The Bertz CT molecular complexity index is 536. The maximum Gasteiger partial charge on any atom is 0.0608 e. The molecule has 0 saturated heterocycles. The molecule has 162 valence electrons. The monoisotopic (exact) mass is 392 g/mol. The number of unbranched alkanes of at least 4 members (excludes halogenated alkanes) is 1. The van der Waals surface area contributed by atoms with Crippen LogP contribution in [-0.2, 0) is 9.47 Å². The topological polar surface area (TPSA) is 38.7 Å². The van der Waals surface area contributed by atoms with Gasteiger partial charge in [-0.3, -0.25) is 0 Å². The van der Waals surface area contributed by atoms with Gasteiger partial charge in [-0.1, -0.05) is 27.2 Å². The third kappa shape index (κ3) is 3.38. The van der Waals surface area contributed by atoms with Gasteiger partial charge in [-0.05, 0) is 98.2 Å². The Labute approximate surface area is 172 Å². The standard InChI is InChI=1S/C25H44O3/c1-5-6-13-28-16-17-7-8-20-19-15-23(27-4)22-14-18(26)9-11-25(22,3)21(19)10-12-24(17,20)2/h17-23,26H,5-16H2,1-4H3/t17-,18-,19+,20?,21?,22?,23-,24-,25-/m1/s1. The SMILES string of the molecule is CCCCOC[C@H]1CCC2[C@@H]3C[C@@H](OC)C4C[C@H](O)CC[C@]4(C)C3CC[C@@]21C. The molecule has 28 heavy (non-hydrogen) atoms. The third-order valence-corrected chi connectivity index (χ3v) is 10.1. The van der Waals surface area contributed by atoms with E-state index in [4.69, 9.17) is 9.47 Å². The molecule has 4 aliphatic carbocycles. The summed E-state index contributed by atoms with van der Waals surface area (Å²) in [5.41, 5.74) is 0.822. The zero-order chi connectivity index (χ0) is 19.9. The summed E-state index contributed by atoms with van der Waals surface area (Å²) in [4.78, 5) is 0. The fourth-order valence-corrected chi connectivity index (χ4v) is 8.36. The maximum absolute atomic E-state index is 10.3. The second kappa shape index (κ2) is 8.19. The van der Waals surface area contributed by atoms with E-state index in [1.54, 1.807) is 0 Å². The van der Waals surface area contributed by atoms with Crippen molar-refractivity contribution in [3.63, 3.8) is 0 Å². The van der Waals surface area contributed by atoms with Crippen LogP contribution in [-0.4, -0.2) is 37.6 Å². The molecule has 1 N–H and O–H groups in total. The molecule has 0 aromatic rings. The predicted molar refractivity (Wildman–Crippen MR) is 113 cm³/mol. The van der Waals surface area contributed by atoms with E-state index in [-0.39, 0.29) is 6.10 Å². The first kappa shape index (κ1) is 21.1. The Hall–Kier alpha value is -0.120. The lowest BCUT2D eigenvalue weighted by atomic mass is 9.44. The summed E-state index contributed by atoms with van der Waals surface area (Å²) in [5, 5.41) is 10.3. The van der Waals surface area contributed by atoms with Crippen LogP contribution < -0.4 is 0 Å². The molecular formula is C25H44O3. The van der Waals surface area contributed by atoms with Crippen LogP contribution in [0.1, 0.15) is 85.0 Å². The highest BCUT2D eigenvalue weighted by Gasteiger charge is 2.62. The van der Waals surface area contributed by atoms with E-state index in [1.807, 2.05) is 7.11 Å². The van der Waals surface area contributed by atoms with Gasteiger partial charge in [-0.2, -0.15) is 0 Å². The molecule has 0 aromatic carbocycles. The van der Waals surface area contributed by atoms with Gasteiger partial charge in [-0.15, -0.1) is 0 Å². The molecule has 4 rings (SSSR count). The van der Waals surface area contributed by atoms with E-state index in [0.29, 0.717) is 22.9 Å². The van der Waals surface area contributed by atoms with Crippen LogP contribution in [0.3, 0.4) is 0 Å². The van der Waals surface area contributed by atoms with Crippen LogP contribution in [0.4, 0.5) is 0 Å². The Morgan fingerprint density at radius 2 is 1.68 bits per heavy atom. The van der Waals surface area contributed by atoms with Crippen molar-refractivity contribution in [2.75, 3.05) is 20.3 Å². The molecule has 0 aromatic heterocycles. The van der Waals surface area contributed by atoms with Crippen molar-refractivity contribution in [2.24, 2.45) is 40.4 Å². The van der Waals surface area contributed by atoms with E-state index in [1.165, 1.54) is 51.4 Å². The van der Waals surface area contributed by atoms with Crippen molar-refractivity contribution in [1.29, 1.82) is 0 Å². The fourth-order valence-electron chi connectivity index (χ4n) is 8.36. The highest BCUT2D eigenvalue weighted by molar-refractivity contribution is 5.11. The van der Waals surface area contributed by atoms with Gasteiger partial charge in [0.15, 0.2) is 0 Å². The summed E-state index contributed by atoms with van der Waals surface area (Å²) in [6.07, 6.45) is 12.5. The molecular weight excluding hydrogens is 348 g/mol. The molecule has 3 unspecified atom stereocenters. The lowest BCUT2D eigenvalue weighted by molar-refractivity contribution is -0.179. The lowest BCUT2D eigenvalue weighted by Gasteiger charge is -2.62. The van der Waals surface area contributed by atoms with E-state index in [9.17, 15) is 5.11 Å². The highest BCUT2D eigenvalue weighted by Crippen LogP contribution is 2.67. The van der Waals surface area contributed by atoms with Gasteiger partial charge < -0.3 is 14.6 Å². The average molecular weight is 393 g/mol. The molecule has 4 fully saturated rings. The summed E-state index contributed by atoms with van der Waals surface area (Å²) in [7, 11) is 1.91. The van der Waals surface area contributed by atoms with Crippen LogP contribution in [0.5, 0.6) is 0 Å². The summed E-state index contributed by atoms with van der Waals surface area (Å²) in [6.45, 7) is 9.30. The van der Waals surface area contributed by atoms with Crippen LogP contribution in [0.2, 0.25) is 0 Å². The minimum absolute atomic E-state index is 0.114. The number of ether oxygens (including phenoxy) is 2. The molecule has 4 aliphatic rings. The van der Waals surface area contributed by atoms with Crippen molar-refractivity contribution in [2.45, 2.75) is 97.2 Å². The molecule has 0 heterocycles. The maximum atomic E-state index is 10.3. The minimum atomic E-state index is -0.114. The van der Waals surface area contributed by atoms with Gasteiger partial charge in [0.2, 0.25) is 0 Å². The average Bonchev–Trinajstić information content (AvgIpc) is 3.02. The van der Waals surface area contributed by atoms with Gasteiger partial charge >= 0.3 is 0 Å². The fraction of sp³-hybridized carbons (Fsp3) is 1.00. The van der Waals surface area contributed by atoms with Crippen LogP contribution in [0.25, 0.3) is 0 Å². The molecule has 0 aliphatic heterocycles. The Balaban J connectivity index is 1.52. The quantitative estimate of drug-likeness (QED) is 0.611. The Morgan fingerprint density at radius 3 is 2.43 bits per heavy atom. The summed E-state index contributed by atoms with van der Waals surface area (Å²) < 4.78 is 12.2. The van der Waals surface area contributed by atoms with Crippen LogP contribution in [0, 0.1) is 40.4 Å². The normalized spacial score (nSPS) is 50.7. The molecule has 3 heteroatoms. The van der Waals surface area contributed by atoms with E-state index in [0.717, 1.165) is 49.7 Å². The second-order valence-corrected chi connectivity index (χ2v) is 11.2. The number of fused-ring (bicyclic) bond motifs is 5. The first-order chi connectivity index (χ1) is 13.4. The largest absolute Gasteiger partial charge is 0.393 e. The number of hydrogen-bond donors (Lipinski definition) is 1. The minimum Gasteiger partial charge on any atom is -0.393 e. The van der Waals surface area contributed by atoms with Gasteiger partial charge in [0.25, 0.3) is 0 Å². The van der Waals surface area contributed by atoms with Gasteiger partial charge in [0, 0.05) is 20.3 Å². The van der Waals surface area contributed by atoms with Gasteiger partial charge in [-0.25, -0.2) is 0 Å². The lowest BCUT2D eigenvalue weighted by Crippen LogP contribution is -2.58. The van der Waals surface area contributed by atoms with Crippen molar-refractivity contribution in [1.82, 2.24) is 0 Å². The van der Waals surface area contributed by atoms with E-state index >= 15 is 0 Å². The summed E-state index contributed by atoms with van der Waals surface area (Å²) in [5.74, 6) is 3.76. The zero-order valence-corrected chi connectivity index (χ0v) is 18.8. The van der Waals surface area contributed by atoms with Crippen molar-refractivity contribution < 1.29 is 14.6 Å². The first-order valence-corrected chi connectivity index (χ1v) is 12.2. The zero-order valence-electron chi connectivity index (χ0n) is 18.8. The molecule has 0 spiro atoms.